The Morgan fingerprint density at radius 1 is 0.553 bits per heavy atom. The largest absolute Gasteiger partial charge is 0.481 e. The number of quaternary nitrogens is 1. The lowest BCUT2D eigenvalue weighted by Gasteiger charge is -2.40. The minimum atomic E-state index is -0.827. The molecule has 0 aromatic carbocycles. The molecule has 0 heterocycles. The van der Waals surface area contributed by atoms with Crippen LogP contribution in [0.5, 0.6) is 0 Å². The van der Waals surface area contributed by atoms with Crippen molar-refractivity contribution in [3.05, 3.63) is 12.2 Å². The summed E-state index contributed by atoms with van der Waals surface area (Å²) >= 11 is 0. The lowest BCUT2D eigenvalue weighted by Crippen LogP contribution is -2.52. The molecule has 3 N–H and O–H groups in total. The molecule has 0 spiro atoms. The standard InChI is InChI=1S/C31H57NO6/c1-5-6-7-8-9-10-11-12-13-14-15-16-17-18-22-32(23-19-26(2)29(33)34,24-20-27(3)30(35)36)25-21-28(4)31(37)38/h10-11,26-28H,5-9,12-25H2,1-4H3,(H2-,33,34,35,36,37,38)/p+1/b11-10+. The Morgan fingerprint density at radius 2 is 0.895 bits per heavy atom. The molecular formula is C31H58NO6+. The van der Waals surface area contributed by atoms with Crippen LogP contribution in [0.15, 0.2) is 12.2 Å². The average Bonchev–Trinajstić information content (AvgIpc) is 2.88. The van der Waals surface area contributed by atoms with Crippen molar-refractivity contribution >= 4 is 17.9 Å². The molecule has 7 heteroatoms. The van der Waals surface area contributed by atoms with Crippen LogP contribution in [-0.2, 0) is 14.4 Å². The molecular weight excluding hydrogens is 482 g/mol. The van der Waals surface area contributed by atoms with Gasteiger partial charge in [-0.3, -0.25) is 14.4 Å². The zero-order valence-electron chi connectivity index (χ0n) is 24.8. The second kappa shape index (κ2) is 22.0. The maximum atomic E-state index is 11.5. The van der Waals surface area contributed by atoms with Gasteiger partial charge in [0.25, 0.3) is 0 Å². The van der Waals surface area contributed by atoms with Gasteiger partial charge in [0.05, 0.1) is 43.9 Å². The van der Waals surface area contributed by atoms with Crippen molar-refractivity contribution in [3.8, 4) is 0 Å². The highest BCUT2D eigenvalue weighted by Gasteiger charge is 2.31. The predicted octanol–water partition coefficient (Wildman–Crippen LogP) is 7.39. The van der Waals surface area contributed by atoms with E-state index in [4.69, 9.17) is 0 Å². The van der Waals surface area contributed by atoms with Gasteiger partial charge in [-0.15, -0.1) is 0 Å². The van der Waals surface area contributed by atoms with Gasteiger partial charge in [-0.05, 0) is 38.5 Å². The number of allylic oxidation sites excluding steroid dienone is 2. The predicted molar refractivity (Wildman–Crippen MR) is 154 cm³/mol. The van der Waals surface area contributed by atoms with Gasteiger partial charge >= 0.3 is 17.9 Å². The number of unbranched alkanes of at least 4 members (excludes halogenated alkanes) is 10. The summed E-state index contributed by atoms with van der Waals surface area (Å²) in [5.74, 6) is -3.92. The molecule has 0 aromatic rings. The summed E-state index contributed by atoms with van der Waals surface area (Å²) in [7, 11) is 0. The van der Waals surface area contributed by atoms with Gasteiger partial charge in [0.2, 0.25) is 0 Å². The van der Waals surface area contributed by atoms with Crippen LogP contribution in [0.2, 0.25) is 0 Å². The summed E-state index contributed by atoms with van der Waals surface area (Å²) in [5, 5.41) is 28.2. The number of carboxylic acids is 3. The summed E-state index contributed by atoms with van der Waals surface area (Å²) in [6.07, 6.45) is 20.6. The van der Waals surface area contributed by atoms with Crippen molar-refractivity contribution in [3.63, 3.8) is 0 Å². The first-order valence-electron chi connectivity index (χ1n) is 15.2. The lowest BCUT2D eigenvalue weighted by molar-refractivity contribution is -0.929. The van der Waals surface area contributed by atoms with E-state index in [1.165, 1.54) is 51.4 Å². The quantitative estimate of drug-likeness (QED) is 0.0599. The molecule has 0 aliphatic heterocycles. The van der Waals surface area contributed by atoms with E-state index in [1.807, 2.05) is 0 Å². The maximum Gasteiger partial charge on any atom is 0.306 e. The first-order chi connectivity index (χ1) is 18.0. The summed E-state index contributed by atoms with van der Waals surface area (Å²) in [4.78, 5) is 34.4. The van der Waals surface area contributed by atoms with E-state index in [0.29, 0.717) is 43.4 Å². The van der Waals surface area contributed by atoms with Crippen LogP contribution in [0, 0.1) is 17.8 Å². The summed E-state index contributed by atoms with van der Waals surface area (Å²) < 4.78 is 0.607. The van der Waals surface area contributed by atoms with Crippen molar-refractivity contribution in [2.24, 2.45) is 17.8 Å². The second-order valence-corrected chi connectivity index (χ2v) is 11.6. The molecule has 0 radical (unpaired) electrons. The van der Waals surface area contributed by atoms with Gasteiger partial charge in [0.15, 0.2) is 0 Å². The van der Waals surface area contributed by atoms with Crippen LogP contribution < -0.4 is 0 Å². The van der Waals surface area contributed by atoms with Crippen LogP contribution >= 0.6 is 0 Å². The fourth-order valence-corrected chi connectivity index (χ4v) is 4.78. The fraction of sp³-hybridized carbons (Fsp3) is 0.839. The minimum absolute atomic E-state index is 0.480. The molecule has 0 amide bonds. The molecule has 222 valence electrons. The van der Waals surface area contributed by atoms with E-state index in [9.17, 15) is 29.7 Å². The smallest absolute Gasteiger partial charge is 0.306 e. The van der Waals surface area contributed by atoms with Crippen LogP contribution in [0.3, 0.4) is 0 Å². The first-order valence-corrected chi connectivity index (χ1v) is 15.2. The third kappa shape index (κ3) is 18.4. The van der Waals surface area contributed by atoms with Crippen LogP contribution in [0.4, 0.5) is 0 Å². The van der Waals surface area contributed by atoms with Crippen molar-refractivity contribution < 1.29 is 34.2 Å². The molecule has 3 atom stereocenters. The van der Waals surface area contributed by atoms with E-state index in [1.54, 1.807) is 20.8 Å². The number of hydrogen-bond donors (Lipinski definition) is 3. The minimum Gasteiger partial charge on any atom is -0.481 e. The highest BCUT2D eigenvalue weighted by Crippen LogP contribution is 2.22. The summed E-state index contributed by atoms with van der Waals surface area (Å²) in [5.41, 5.74) is 0. The number of nitrogens with zero attached hydrogens (tertiary/aromatic N) is 1. The Morgan fingerprint density at radius 3 is 1.26 bits per heavy atom. The van der Waals surface area contributed by atoms with Gasteiger partial charge in [-0.2, -0.15) is 0 Å². The first kappa shape index (κ1) is 36.1. The molecule has 0 bridgehead atoms. The molecule has 38 heavy (non-hydrogen) atoms. The number of aliphatic carboxylic acids is 3. The van der Waals surface area contributed by atoms with Gasteiger partial charge in [-0.1, -0.05) is 78.4 Å². The number of hydrogen-bond acceptors (Lipinski definition) is 3. The lowest BCUT2D eigenvalue weighted by atomic mass is 10.0. The average molecular weight is 541 g/mol. The van der Waals surface area contributed by atoms with Crippen molar-refractivity contribution in [1.82, 2.24) is 0 Å². The van der Waals surface area contributed by atoms with E-state index in [0.717, 1.165) is 32.2 Å². The molecule has 7 nitrogen and oxygen atoms in total. The molecule has 0 aromatic heterocycles. The van der Waals surface area contributed by atoms with Crippen LogP contribution in [0.1, 0.15) is 124 Å². The van der Waals surface area contributed by atoms with E-state index in [-0.39, 0.29) is 0 Å². The number of carbonyl (C=O) groups is 3. The second-order valence-electron chi connectivity index (χ2n) is 11.6. The Balaban J connectivity index is 4.81. The zero-order chi connectivity index (χ0) is 28.8. The van der Waals surface area contributed by atoms with Crippen LogP contribution in [-0.4, -0.2) is 63.9 Å². The number of carboxylic acid groups (broad SMARTS) is 3. The van der Waals surface area contributed by atoms with Crippen LogP contribution in [0.25, 0.3) is 0 Å². The molecule has 0 saturated carbocycles. The van der Waals surface area contributed by atoms with Crippen molar-refractivity contribution in [2.45, 2.75) is 124 Å². The highest BCUT2D eigenvalue weighted by atomic mass is 16.4. The normalized spacial score (nSPS) is 15.7. The molecule has 0 aliphatic rings. The molecule has 0 fully saturated rings. The third-order valence-electron chi connectivity index (χ3n) is 8.02. The summed E-state index contributed by atoms with van der Waals surface area (Å²) in [6.45, 7) is 10.1. The Kier molecular flexibility index (Phi) is 20.9. The Hall–Kier alpha value is -1.89. The summed E-state index contributed by atoms with van der Waals surface area (Å²) in [6, 6.07) is 0. The molecule has 3 unspecified atom stereocenters. The SMILES string of the molecule is CCCCCC/C=C/CCCCCCCC[N+](CCC(C)C(=O)O)(CCC(C)C(=O)O)CCC(C)C(=O)O. The Bertz CT molecular complexity index is 617. The van der Waals surface area contributed by atoms with Crippen molar-refractivity contribution in [1.29, 1.82) is 0 Å². The van der Waals surface area contributed by atoms with Gasteiger partial charge in [0.1, 0.15) is 0 Å². The maximum absolute atomic E-state index is 11.5. The van der Waals surface area contributed by atoms with Crippen molar-refractivity contribution in [2.75, 3.05) is 26.2 Å². The molecule has 0 saturated heterocycles. The third-order valence-corrected chi connectivity index (χ3v) is 8.02. The fourth-order valence-electron chi connectivity index (χ4n) is 4.78. The zero-order valence-corrected chi connectivity index (χ0v) is 24.8. The molecule has 0 aliphatic carbocycles. The van der Waals surface area contributed by atoms with Gasteiger partial charge in [-0.25, -0.2) is 0 Å². The van der Waals surface area contributed by atoms with Gasteiger partial charge < -0.3 is 19.8 Å². The van der Waals surface area contributed by atoms with E-state index < -0.39 is 35.7 Å². The number of rotatable bonds is 26. The monoisotopic (exact) mass is 540 g/mol. The molecule has 0 rings (SSSR count). The highest BCUT2D eigenvalue weighted by molar-refractivity contribution is 5.70. The Labute approximate surface area is 232 Å². The van der Waals surface area contributed by atoms with Gasteiger partial charge in [0, 0.05) is 19.3 Å². The van der Waals surface area contributed by atoms with E-state index >= 15 is 0 Å². The topological polar surface area (TPSA) is 112 Å². The van der Waals surface area contributed by atoms with E-state index in [2.05, 4.69) is 19.1 Å².